The third kappa shape index (κ3) is 3.47. The number of hydrogen-bond donors (Lipinski definition) is 0. The minimum atomic E-state index is -3.44. The molecular formula is C15H16F2O2. The fraction of sp³-hybridized carbons (Fsp3) is 0.400. The second kappa shape index (κ2) is 6.06. The van der Waals surface area contributed by atoms with Gasteiger partial charge in [0.1, 0.15) is 6.10 Å². The van der Waals surface area contributed by atoms with E-state index in [2.05, 4.69) is 0 Å². The minimum Gasteiger partial charge on any atom is -0.363 e. The molecule has 4 heteroatoms. The zero-order valence-electron chi connectivity index (χ0n) is 10.5. The molecule has 0 amide bonds. The molecule has 1 atom stereocenters. The van der Waals surface area contributed by atoms with Gasteiger partial charge in [0.2, 0.25) is 5.78 Å². The maximum Gasteiger partial charge on any atom is 0.334 e. The lowest BCUT2D eigenvalue weighted by Crippen LogP contribution is -2.42. The van der Waals surface area contributed by atoms with E-state index in [1.54, 1.807) is 18.2 Å². The summed E-state index contributed by atoms with van der Waals surface area (Å²) in [5.74, 6) is -4.47. The van der Waals surface area contributed by atoms with E-state index in [1.807, 2.05) is 18.2 Å². The van der Waals surface area contributed by atoms with Crippen molar-refractivity contribution < 1.29 is 18.3 Å². The molecule has 102 valence electrons. The smallest absolute Gasteiger partial charge is 0.334 e. The Bertz CT molecular complexity index is 454. The van der Waals surface area contributed by atoms with Gasteiger partial charge in [-0.15, -0.1) is 0 Å². The standard InChI is InChI=1S/C15H16F2O2/c16-15(17)13(18)9-5-2-6-10-14(15)19-11-12-7-3-1-4-8-12/h1,3-4,6-8,10,14H,2,5,9,11H2/b10-6-. The third-order valence-electron chi connectivity index (χ3n) is 3.09. The molecule has 2 nitrogen and oxygen atoms in total. The van der Waals surface area contributed by atoms with Crippen molar-refractivity contribution in [3.63, 3.8) is 0 Å². The summed E-state index contributed by atoms with van der Waals surface area (Å²) in [5.41, 5.74) is 0.807. The molecule has 1 aliphatic rings. The van der Waals surface area contributed by atoms with Gasteiger partial charge in [0.15, 0.2) is 0 Å². The molecule has 1 aromatic rings. The highest BCUT2D eigenvalue weighted by Crippen LogP contribution is 2.28. The number of rotatable bonds is 3. The highest BCUT2D eigenvalue weighted by molar-refractivity contribution is 5.86. The number of hydrogen-bond acceptors (Lipinski definition) is 2. The minimum absolute atomic E-state index is 0.0682. The maximum absolute atomic E-state index is 13.9. The van der Waals surface area contributed by atoms with Gasteiger partial charge in [0.05, 0.1) is 6.61 Å². The van der Waals surface area contributed by atoms with E-state index in [9.17, 15) is 13.6 Å². The van der Waals surface area contributed by atoms with Crippen LogP contribution in [0.15, 0.2) is 42.5 Å². The summed E-state index contributed by atoms with van der Waals surface area (Å²) < 4.78 is 33.0. The number of ketones is 1. The predicted molar refractivity (Wildman–Crippen MR) is 68.0 cm³/mol. The summed E-state index contributed by atoms with van der Waals surface area (Å²) >= 11 is 0. The van der Waals surface area contributed by atoms with Crippen LogP contribution in [0, 0.1) is 0 Å². The van der Waals surface area contributed by atoms with Crippen molar-refractivity contribution in [2.45, 2.75) is 37.9 Å². The van der Waals surface area contributed by atoms with Gasteiger partial charge in [-0.3, -0.25) is 4.79 Å². The summed E-state index contributed by atoms with van der Waals surface area (Å²) in [6.07, 6.45) is 2.50. The number of Topliss-reactive ketones (excluding diaryl/α,β-unsaturated/α-hetero) is 1. The first kappa shape index (κ1) is 13.9. The Kier molecular flexibility index (Phi) is 4.43. The van der Waals surface area contributed by atoms with Crippen molar-refractivity contribution in [1.29, 1.82) is 0 Å². The Morgan fingerprint density at radius 2 is 2.00 bits per heavy atom. The monoisotopic (exact) mass is 266 g/mol. The molecule has 0 radical (unpaired) electrons. The molecule has 0 saturated carbocycles. The molecule has 0 saturated heterocycles. The molecule has 1 aliphatic carbocycles. The van der Waals surface area contributed by atoms with Crippen LogP contribution in [-0.2, 0) is 16.1 Å². The summed E-state index contributed by atoms with van der Waals surface area (Å²) in [6.45, 7) is 0.0682. The highest BCUT2D eigenvalue weighted by atomic mass is 19.3. The van der Waals surface area contributed by atoms with Gasteiger partial charge in [-0.2, -0.15) is 8.78 Å². The molecule has 2 rings (SSSR count). The predicted octanol–water partition coefficient (Wildman–Crippen LogP) is 3.52. The van der Waals surface area contributed by atoms with Crippen LogP contribution in [-0.4, -0.2) is 17.8 Å². The lowest BCUT2D eigenvalue weighted by molar-refractivity contribution is -0.163. The fourth-order valence-electron chi connectivity index (χ4n) is 1.97. The molecule has 0 heterocycles. The van der Waals surface area contributed by atoms with Crippen molar-refractivity contribution in [3.05, 3.63) is 48.0 Å². The molecule has 1 unspecified atom stereocenters. The highest BCUT2D eigenvalue weighted by Gasteiger charge is 2.46. The van der Waals surface area contributed by atoms with Crippen molar-refractivity contribution in [2.24, 2.45) is 0 Å². The number of ether oxygens (including phenoxy) is 1. The van der Waals surface area contributed by atoms with Crippen LogP contribution in [0.3, 0.4) is 0 Å². The van der Waals surface area contributed by atoms with E-state index in [4.69, 9.17) is 4.74 Å². The Hall–Kier alpha value is -1.55. The lowest BCUT2D eigenvalue weighted by Gasteiger charge is -2.25. The molecule has 19 heavy (non-hydrogen) atoms. The van der Waals surface area contributed by atoms with Crippen LogP contribution in [0.5, 0.6) is 0 Å². The number of carbonyl (C=O) groups is 1. The van der Waals surface area contributed by atoms with Gasteiger partial charge in [-0.1, -0.05) is 42.5 Å². The lowest BCUT2D eigenvalue weighted by atomic mass is 9.99. The van der Waals surface area contributed by atoms with E-state index in [-0.39, 0.29) is 13.0 Å². The first-order chi connectivity index (χ1) is 9.10. The number of alkyl halides is 2. The molecular weight excluding hydrogens is 250 g/mol. The van der Waals surface area contributed by atoms with Gasteiger partial charge in [0, 0.05) is 6.42 Å². The zero-order valence-corrected chi connectivity index (χ0v) is 10.5. The quantitative estimate of drug-likeness (QED) is 0.782. The second-order valence-electron chi connectivity index (χ2n) is 4.58. The Morgan fingerprint density at radius 1 is 1.26 bits per heavy atom. The van der Waals surface area contributed by atoms with E-state index in [1.165, 1.54) is 6.08 Å². The molecule has 0 aromatic heterocycles. The molecule has 0 aliphatic heterocycles. The zero-order chi connectivity index (χ0) is 13.7. The van der Waals surface area contributed by atoms with E-state index in [0.29, 0.717) is 12.8 Å². The third-order valence-corrected chi connectivity index (χ3v) is 3.09. The largest absolute Gasteiger partial charge is 0.363 e. The van der Waals surface area contributed by atoms with E-state index in [0.717, 1.165) is 5.56 Å². The number of carbonyl (C=O) groups excluding carboxylic acids is 1. The topological polar surface area (TPSA) is 26.3 Å². The molecule has 0 spiro atoms. The van der Waals surface area contributed by atoms with Crippen LogP contribution in [0.1, 0.15) is 24.8 Å². The van der Waals surface area contributed by atoms with Gasteiger partial charge < -0.3 is 4.74 Å². The van der Waals surface area contributed by atoms with E-state index >= 15 is 0 Å². The van der Waals surface area contributed by atoms with Crippen molar-refractivity contribution in [3.8, 4) is 0 Å². The first-order valence-corrected chi connectivity index (χ1v) is 6.34. The van der Waals surface area contributed by atoms with Gasteiger partial charge >= 0.3 is 5.92 Å². The molecule has 0 fully saturated rings. The maximum atomic E-state index is 13.9. The molecule has 0 bridgehead atoms. The normalized spacial score (nSPS) is 24.5. The van der Waals surface area contributed by atoms with Crippen LogP contribution in [0.2, 0.25) is 0 Å². The van der Waals surface area contributed by atoms with Crippen LogP contribution < -0.4 is 0 Å². The molecule has 0 N–H and O–H groups in total. The number of halogens is 2. The fourth-order valence-corrected chi connectivity index (χ4v) is 1.97. The van der Waals surface area contributed by atoms with Crippen molar-refractivity contribution in [2.75, 3.05) is 0 Å². The number of benzene rings is 1. The SMILES string of the molecule is O=C1CCC/C=C\C(OCc2ccccc2)C1(F)F. The summed E-state index contributed by atoms with van der Waals surface area (Å²) in [5, 5.41) is 0. The average Bonchev–Trinajstić information content (AvgIpc) is 2.41. The summed E-state index contributed by atoms with van der Waals surface area (Å²) in [6, 6.07) is 9.07. The van der Waals surface area contributed by atoms with Crippen molar-refractivity contribution in [1.82, 2.24) is 0 Å². The van der Waals surface area contributed by atoms with Crippen LogP contribution >= 0.6 is 0 Å². The summed E-state index contributed by atoms with van der Waals surface area (Å²) in [7, 11) is 0. The van der Waals surface area contributed by atoms with Gasteiger partial charge in [-0.25, -0.2) is 0 Å². The Balaban J connectivity index is 2.07. The van der Waals surface area contributed by atoms with Crippen molar-refractivity contribution >= 4 is 5.78 Å². The average molecular weight is 266 g/mol. The number of allylic oxidation sites excluding steroid dienone is 1. The van der Waals surface area contributed by atoms with E-state index < -0.39 is 17.8 Å². The Morgan fingerprint density at radius 3 is 2.74 bits per heavy atom. The second-order valence-corrected chi connectivity index (χ2v) is 4.58. The molecule has 1 aromatic carbocycles. The Labute approximate surface area is 111 Å². The first-order valence-electron chi connectivity index (χ1n) is 6.34. The van der Waals surface area contributed by atoms with Crippen LogP contribution in [0.25, 0.3) is 0 Å². The van der Waals surface area contributed by atoms with Crippen LogP contribution in [0.4, 0.5) is 8.78 Å². The van der Waals surface area contributed by atoms with Gasteiger partial charge in [-0.05, 0) is 18.4 Å². The summed E-state index contributed by atoms with van der Waals surface area (Å²) in [4.78, 5) is 11.4. The van der Waals surface area contributed by atoms with Gasteiger partial charge in [0.25, 0.3) is 0 Å².